The fourth-order valence-corrected chi connectivity index (χ4v) is 11.1. The first kappa shape index (κ1) is 42.0. The summed E-state index contributed by atoms with van der Waals surface area (Å²) in [6, 6.07) is 5.43. The van der Waals surface area contributed by atoms with E-state index in [0.29, 0.717) is 55.4 Å². The lowest BCUT2D eigenvalue weighted by Gasteiger charge is -2.32. The predicted molar refractivity (Wildman–Crippen MR) is 221 cm³/mol. The topological polar surface area (TPSA) is 203 Å². The predicted octanol–water partition coefficient (Wildman–Crippen LogP) is 4.36. The molecule has 16 heteroatoms. The fourth-order valence-electron chi connectivity index (χ4n) is 9.70. The lowest BCUT2D eigenvalue weighted by Crippen LogP contribution is -2.59. The van der Waals surface area contributed by atoms with Crippen molar-refractivity contribution in [1.82, 2.24) is 25.2 Å². The number of alkyl carbamates (subject to hydrolysis) is 1. The zero-order valence-corrected chi connectivity index (χ0v) is 34.8. The largest absolute Gasteiger partial charge is 0.492 e. The van der Waals surface area contributed by atoms with Crippen LogP contribution in [0.1, 0.15) is 95.5 Å². The van der Waals surface area contributed by atoms with E-state index in [9.17, 15) is 32.7 Å². The molecule has 60 heavy (non-hydrogen) atoms. The molecule has 4 amide bonds. The zero-order chi connectivity index (χ0) is 42.0. The molecule has 1 aromatic heterocycles. The first-order chi connectivity index (χ1) is 29.0. The molecule has 4 aliphatic carbocycles. The third kappa shape index (κ3) is 8.86. The van der Waals surface area contributed by atoms with Crippen molar-refractivity contribution in [3.63, 3.8) is 0 Å². The summed E-state index contributed by atoms with van der Waals surface area (Å²) in [5.74, 6) is -1.62. The van der Waals surface area contributed by atoms with Gasteiger partial charge in [0.05, 0.1) is 29.5 Å². The van der Waals surface area contributed by atoms with E-state index in [4.69, 9.17) is 19.2 Å². The Morgan fingerprint density at radius 1 is 1.03 bits per heavy atom. The molecule has 324 valence electrons. The number of amides is 4. The third-order valence-electron chi connectivity index (χ3n) is 13.3. The highest BCUT2D eigenvalue weighted by Crippen LogP contribution is 2.46. The number of para-hydroxylation sites is 1. The molecule has 2 bridgehead atoms. The monoisotopic (exact) mass is 847 g/mol. The van der Waals surface area contributed by atoms with Crippen molar-refractivity contribution < 1.29 is 46.9 Å². The summed E-state index contributed by atoms with van der Waals surface area (Å²) in [7, 11) is -3.92. The maximum Gasteiger partial charge on any atom is 0.408 e. The van der Waals surface area contributed by atoms with Crippen LogP contribution in [0.4, 0.5) is 4.79 Å². The van der Waals surface area contributed by atoms with Crippen LogP contribution in [0.3, 0.4) is 0 Å². The molecule has 15 nitrogen and oxygen atoms in total. The minimum Gasteiger partial charge on any atom is -0.492 e. The van der Waals surface area contributed by atoms with Crippen molar-refractivity contribution in [1.29, 1.82) is 0 Å². The van der Waals surface area contributed by atoms with E-state index in [1.807, 2.05) is 30.3 Å². The van der Waals surface area contributed by atoms with Gasteiger partial charge in [-0.1, -0.05) is 43.2 Å². The molecule has 4 saturated carbocycles. The quantitative estimate of drug-likeness (QED) is 0.185. The Hall–Kier alpha value is -4.70. The molecule has 0 spiro atoms. The molecule has 5 fully saturated rings. The maximum absolute atomic E-state index is 15.0. The standard InChI is InChI=1S/C44H57N5O10S/c1-2-29-25-44(29,42(53)48-60(55,56)31-20-21-31)47-39(51)35-24-30-26-49(35)41(52)37(28-13-6-7-14-28)46-43(54)59-36-19-10-15-27(36)12-4-3-5-17-33-38(57-23-11-22-50)32-16-8-9-18-34(32)45-40(33)58-30/h2-3,5,8-9,16,18,27-31,35-37,50H,1,4,6-7,10-15,17,19-26H2,(H,46,54)(H,47,51)(H,48,53)/b5-3+/t27-,29-,30?,35+,36-,37+,44-/m1/s1. The number of carbonyl (C=O) groups is 4. The SMILES string of the molecule is C=C[C@@H]1C[C@]1(NC(=O)[C@@H]1CC2CN1C(=O)[C@H](C1CCCC1)NC(=O)O[C@@H]1CCC[C@H]1CC/C=C/Cc1c(nc3ccccc3c1OCCCO)O2)C(=O)NS(=O)(=O)C1CC1. The number of nitrogens with zero attached hydrogens (tertiary/aromatic N) is 2. The van der Waals surface area contributed by atoms with E-state index in [1.165, 1.54) is 11.0 Å². The van der Waals surface area contributed by atoms with E-state index in [1.54, 1.807) is 0 Å². The van der Waals surface area contributed by atoms with Crippen LogP contribution in [0, 0.1) is 17.8 Å². The smallest absolute Gasteiger partial charge is 0.408 e. The molecule has 1 unspecified atom stereocenters. The number of aliphatic hydroxyl groups excluding tert-OH is 1. The number of hydrogen-bond donors (Lipinski definition) is 4. The van der Waals surface area contributed by atoms with Gasteiger partial charge in [0.1, 0.15) is 35.6 Å². The average molecular weight is 848 g/mol. The minimum absolute atomic E-state index is 0.0183. The Labute approximate surface area is 351 Å². The first-order valence-corrected chi connectivity index (χ1v) is 23.3. The van der Waals surface area contributed by atoms with Crippen molar-refractivity contribution in [3.8, 4) is 11.6 Å². The number of ether oxygens (including phenoxy) is 3. The van der Waals surface area contributed by atoms with Crippen LogP contribution in [0.5, 0.6) is 11.6 Å². The summed E-state index contributed by atoms with van der Waals surface area (Å²) in [4.78, 5) is 63.3. The van der Waals surface area contributed by atoms with Crippen LogP contribution in [-0.2, 0) is 35.6 Å². The van der Waals surface area contributed by atoms with E-state index in [-0.39, 0.29) is 56.4 Å². The number of allylic oxidation sites excluding steroid dienone is 2. The Bertz CT molecular complexity index is 2120. The van der Waals surface area contributed by atoms with Gasteiger partial charge in [-0.25, -0.2) is 18.2 Å². The van der Waals surface area contributed by atoms with Crippen LogP contribution in [0.15, 0.2) is 49.1 Å². The Balaban J connectivity index is 1.16. The third-order valence-corrected chi connectivity index (χ3v) is 15.1. The molecule has 8 rings (SSSR count). The van der Waals surface area contributed by atoms with Gasteiger partial charge in [0.15, 0.2) is 0 Å². The summed E-state index contributed by atoms with van der Waals surface area (Å²) in [5.41, 5.74) is -0.255. The number of rotatable bonds is 11. The van der Waals surface area contributed by atoms with E-state index >= 15 is 0 Å². The highest BCUT2D eigenvalue weighted by molar-refractivity contribution is 7.91. The van der Waals surface area contributed by atoms with Gasteiger partial charge in [-0.2, -0.15) is 0 Å². The Morgan fingerprint density at radius 2 is 1.82 bits per heavy atom. The van der Waals surface area contributed by atoms with Crippen molar-refractivity contribution in [2.75, 3.05) is 19.8 Å². The number of benzene rings is 1. The normalized spacial score (nSPS) is 30.4. The average Bonchev–Trinajstić information content (AvgIpc) is 4.02. The van der Waals surface area contributed by atoms with Gasteiger partial charge < -0.3 is 34.9 Å². The molecule has 3 heterocycles. The van der Waals surface area contributed by atoms with Crippen LogP contribution < -0.4 is 24.8 Å². The zero-order valence-electron chi connectivity index (χ0n) is 34.0. The van der Waals surface area contributed by atoms with Gasteiger partial charge in [0.25, 0.3) is 5.91 Å². The maximum atomic E-state index is 15.0. The molecule has 6 aliphatic rings. The van der Waals surface area contributed by atoms with Gasteiger partial charge in [0.2, 0.25) is 27.7 Å². The number of nitrogens with one attached hydrogen (secondary N) is 3. The fraction of sp³-hybridized carbons (Fsp3) is 0.614. The summed E-state index contributed by atoms with van der Waals surface area (Å²) in [6.07, 6.45) is 13.3. The van der Waals surface area contributed by atoms with Crippen molar-refractivity contribution in [2.45, 2.75) is 131 Å². The lowest BCUT2D eigenvalue weighted by atomic mass is 9.96. The highest BCUT2D eigenvalue weighted by atomic mass is 32.2. The molecular formula is C44H57N5O10S. The highest BCUT2D eigenvalue weighted by Gasteiger charge is 2.62. The molecular weight excluding hydrogens is 791 g/mol. The number of sulfonamides is 1. The lowest BCUT2D eigenvalue weighted by molar-refractivity contribution is -0.142. The molecule has 4 N–H and O–H groups in total. The Kier molecular flexibility index (Phi) is 12.4. The second-order valence-electron chi connectivity index (χ2n) is 17.4. The molecule has 7 atom stereocenters. The van der Waals surface area contributed by atoms with Crippen LogP contribution in [-0.4, -0.2) is 102 Å². The summed E-state index contributed by atoms with van der Waals surface area (Å²) >= 11 is 0. The summed E-state index contributed by atoms with van der Waals surface area (Å²) in [6.45, 7) is 4.00. The first-order valence-electron chi connectivity index (χ1n) is 21.8. The molecule has 1 aromatic carbocycles. The van der Waals surface area contributed by atoms with Crippen molar-refractivity contribution in [2.24, 2.45) is 17.8 Å². The van der Waals surface area contributed by atoms with Gasteiger partial charge in [-0.05, 0) is 94.6 Å². The van der Waals surface area contributed by atoms with Gasteiger partial charge in [0, 0.05) is 30.8 Å². The minimum atomic E-state index is -3.92. The van der Waals surface area contributed by atoms with E-state index in [2.05, 4.69) is 28.0 Å². The van der Waals surface area contributed by atoms with Gasteiger partial charge >= 0.3 is 6.09 Å². The van der Waals surface area contributed by atoms with Gasteiger partial charge in [-0.3, -0.25) is 19.1 Å². The molecule has 0 radical (unpaired) electrons. The summed E-state index contributed by atoms with van der Waals surface area (Å²) < 4.78 is 47.1. The van der Waals surface area contributed by atoms with Crippen LogP contribution in [0.2, 0.25) is 0 Å². The number of carbonyl (C=O) groups excluding carboxylic acids is 4. The summed E-state index contributed by atoms with van der Waals surface area (Å²) in [5, 5.41) is 15.5. The number of aliphatic hydroxyl groups is 1. The molecule has 2 aliphatic heterocycles. The second kappa shape index (κ2) is 17.7. The van der Waals surface area contributed by atoms with E-state index < -0.39 is 68.7 Å². The van der Waals surface area contributed by atoms with Crippen LogP contribution >= 0.6 is 0 Å². The number of hydrogen-bond acceptors (Lipinski definition) is 11. The van der Waals surface area contributed by atoms with E-state index in [0.717, 1.165) is 50.3 Å². The number of pyridine rings is 1. The molecule has 2 aromatic rings. The Morgan fingerprint density at radius 3 is 2.57 bits per heavy atom. The second-order valence-corrected chi connectivity index (χ2v) is 19.3. The number of fused-ring (bicyclic) bond motifs is 5. The van der Waals surface area contributed by atoms with Gasteiger partial charge in [-0.15, -0.1) is 6.58 Å². The molecule has 1 saturated heterocycles. The van der Waals surface area contributed by atoms with Crippen molar-refractivity contribution in [3.05, 3.63) is 54.6 Å². The van der Waals surface area contributed by atoms with Crippen molar-refractivity contribution >= 4 is 44.7 Å². The van der Waals surface area contributed by atoms with Crippen LogP contribution in [0.25, 0.3) is 10.9 Å². The number of aromatic nitrogens is 1.